The summed E-state index contributed by atoms with van der Waals surface area (Å²) in [6.45, 7) is 4.41. The average Bonchev–Trinajstić information content (AvgIpc) is 2.98. The van der Waals surface area contributed by atoms with Crippen molar-refractivity contribution in [2.45, 2.75) is 20.0 Å². The van der Waals surface area contributed by atoms with Crippen LogP contribution >= 0.6 is 0 Å². The number of aromatic nitrogens is 3. The van der Waals surface area contributed by atoms with Gasteiger partial charge in [0, 0.05) is 48.6 Å². The Balaban J connectivity index is 1.60. The number of hydrogen-bond donors (Lipinski definition) is 1. The van der Waals surface area contributed by atoms with Gasteiger partial charge in [-0.1, -0.05) is 24.3 Å². The average molecular weight is 334 g/mol. The van der Waals surface area contributed by atoms with Crippen molar-refractivity contribution in [3.8, 4) is 0 Å². The highest BCUT2D eigenvalue weighted by atomic mass is 16.5. The predicted molar refractivity (Wildman–Crippen MR) is 101 cm³/mol. The number of H-pyrrole nitrogens is 1. The molecule has 0 saturated heterocycles. The smallest absolute Gasteiger partial charge is 0.156 e. The Bertz CT molecular complexity index is 928. The summed E-state index contributed by atoms with van der Waals surface area (Å²) in [4.78, 5) is 14.6. The highest BCUT2D eigenvalue weighted by Gasteiger charge is 2.18. The topological polar surface area (TPSA) is 54.0 Å². The van der Waals surface area contributed by atoms with Gasteiger partial charge in [-0.05, 0) is 31.1 Å². The van der Waals surface area contributed by atoms with Gasteiger partial charge in [-0.2, -0.15) is 0 Å². The van der Waals surface area contributed by atoms with Gasteiger partial charge in [-0.3, -0.25) is 0 Å². The van der Waals surface area contributed by atoms with Crippen molar-refractivity contribution < 1.29 is 4.74 Å². The second-order valence-electron chi connectivity index (χ2n) is 6.36. The van der Waals surface area contributed by atoms with E-state index in [2.05, 4.69) is 57.1 Å². The van der Waals surface area contributed by atoms with Gasteiger partial charge in [0.1, 0.15) is 12.4 Å². The monoisotopic (exact) mass is 334 g/mol. The van der Waals surface area contributed by atoms with Crippen molar-refractivity contribution in [3.05, 3.63) is 59.7 Å². The Hall–Kier alpha value is -2.66. The molecule has 5 nitrogen and oxygen atoms in total. The van der Waals surface area contributed by atoms with E-state index in [0.717, 1.165) is 31.2 Å². The number of fused-ring (bicyclic) bond motifs is 1. The molecular weight excluding hydrogens is 312 g/mol. The molecule has 0 atom stereocenters. The molecule has 0 radical (unpaired) electrons. The lowest BCUT2D eigenvalue weighted by Crippen LogP contribution is -2.29. The van der Waals surface area contributed by atoms with Crippen LogP contribution in [0.1, 0.15) is 23.5 Å². The third kappa shape index (κ3) is 3.03. The summed E-state index contributed by atoms with van der Waals surface area (Å²) in [7, 11) is 1.66. The van der Waals surface area contributed by atoms with Crippen molar-refractivity contribution in [2.24, 2.45) is 0 Å². The fourth-order valence-corrected chi connectivity index (χ4v) is 3.56. The van der Waals surface area contributed by atoms with E-state index < -0.39 is 0 Å². The molecule has 0 aliphatic carbocycles. The molecule has 1 aliphatic rings. The van der Waals surface area contributed by atoms with Crippen LogP contribution in [-0.4, -0.2) is 35.2 Å². The molecule has 1 aliphatic heterocycles. The van der Waals surface area contributed by atoms with Gasteiger partial charge >= 0.3 is 0 Å². The summed E-state index contributed by atoms with van der Waals surface area (Å²) in [5.74, 6) is 1.69. The van der Waals surface area contributed by atoms with Gasteiger partial charge in [0.25, 0.3) is 0 Å². The fourth-order valence-electron chi connectivity index (χ4n) is 3.56. The summed E-state index contributed by atoms with van der Waals surface area (Å²) < 4.78 is 5.13. The van der Waals surface area contributed by atoms with Crippen LogP contribution in [0.3, 0.4) is 0 Å². The zero-order valence-corrected chi connectivity index (χ0v) is 14.6. The van der Waals surface area contributed by atoms with Gasteiger partial charge in [-0.25, -0.2) is 9.97 Å². The molecule has 1 N–H and O–H groups in total. The van der Waals surface area contributed by atoms with Crippen LogP contribution < -0.4 is 4.90 Å². The van der Waals surface area contributed by atoms with Crippen molar-refractivity contribution in [1.29, 1.82) is 0 Å². The molecule has 3 aromatic rings. The molecule has 0 spiro atoms. The summed E-state index contributed by atoms with van der Waals surface area (Å²) in [6, 6.07) is 10.5. The number of ether oxygens (including phenoxy) is 1. The lowest BCUT2D eigenvalue weighted by atomic mass is 9.97. The highest BCUT2D eigenvalue weighted by molar-refractivity contribution is 5.94. The quantitative estimate of drug-likeness (QED) is 0.790. The number of aryl methyl sites for hydroxylation is 1. The predicted octanol–water partition coefficient (Wildman–Crippen LogP) is 3.71. The Kier molecular flexibility index (Phi) is 4.24. The Morgan fingerprint density at radius 2 is 2.12 bits per heavy atom. The minimum Gasteiger partial charge on any atom is -0.377 e. The van der Waals surface area contributed by atoms with Gasteiger partial charge in [0.2, 0.25) is 0 Å². The first-order valence-electron chi connectivity index (χ1n) is 8.59. The standard InChI is InChI=1S/C20H22N4O/c1-14-20(16-5-3-4-6-17(16)22-14)15-8-11-24(12-9-15)19-7-10-21-18(23-19)13-25-2/h3-8,10,22H,9,11-13H2,1-2H3. The van der Waals surface area contributed by atoms with Gasteiger partial charge in [0.05, 0.1) is 0 Å². The Labute approximate surface area is 147 Å². The maximum atomic E-state index is 5.13. The fraction of sp³-hybridized carbons (Fsp3) is 0.300. The van der Waals surface area contributed by atoms with Crippen LogP contribution in [-0.2, 0) is 11.3 Å². The van der Waals surface area contributed by atoms with Crippen molar-refractivity contribution in [2.75, 3.05) is 25.1 Å². The summed E-state index contributed by atoms with van der Waals surface area (Å²) in [6.07, 6.45) is 5.14. The molecule has 128 valence electrons. The van der Waals surface area contributed by atoms with Gasteiger partial charge in [0.15, 0.2) is 5.82 Å². The van der Waals surface area contributed by atoms with E-state index in [0.29, 0.717) is 6.61 Å². The van der Waals surface area contributed by atoms with Crippen LogP contribution in [0, 0.1) is 6.92 Å². The molecule has 0 saturated carbocycles. The van der Waals surface area contributed by atoms with E-state index in [1.54, 1.807) is 13.3 Å². The lowest BCUT2D eigenvalue weighted by Gasteiger charge is -2.27. The van der Waals surface area contributed by atoms with Crippen molar-refractivity contribution in [1.82, 2.24) is 15.0 Å². The molecule has 0 unspecified atom stereocenters. The molecule has 1 aromatic carbocycles. The number of methoxy groups -OCH3 is 1. The number of benzene rings is 1. The lowest BCUT2D eigenvalue weighted by molar-refractivity contribution is 0.178. The first kappa shape index (κ1) is 15.8. The van der Waals surface area contributed by atoms with Gasteiger partial charge in [-0.15, -0.1) is 0 Å². The maximum Gasteiger partial charge on any atom is 0.156 e. The molecule has 3 heterocycles. The van der Waals surface area contributed by atoms with E-state index in [1.807, 2.05) is 6.07 Å². The number of hydrogen-bond acceptors (Lipinski definition) is 4. The third-order valence-electron chi connectivity index (χ3n) is 4.71. The third-order valence-corrected chi connectivity index (χ3v) is 4.71. The number of nitrogens with zero attached hydrogens (tertiary/aromatic N) is 3. The number of anilines is 1. The van der Waals surface area contributed by atoms with E-state index in [-0.39, 0.29) is 0 Å². The molecular formula is C20H22N4O. The largest absolute Gasteiger partial charge is 0.377 e. The van der Waals surface area contributed by atoms with Crippen LogP contribution in [0.25, 0.3) is 16.5 Å². The first-order valence-corrected chi connectivity index (χ1v) is 8.59. The molecule has 4 rings (SSSR count). The van der Waals surface area contributed by atoms with Crippen molar-refractivity contribution >= 4 is 22.3 Å². The van der Waals surface area contributed by atoms with E-state index >= 15 is 0 Å². The molecule has 0 amide bonds. The van der Waals surface area contributed by atoms with Crippen LogP contribution in [0.5, 0.6) is 0 Å². The number of aromatic amines is 1. The second-order valence-corrected chi connectivity index (χ2v) is 6.36. The molecule has 25 heavy (non-hydrogen) atoms. The Morgan fingerprint density at radius 1 is 1.24 bits per heavy atom. The highest BCUT2D eigenvalue weighted by Crippen LogP contribution is 2.32. The maximum absolute atomic E-state index is 5.13. The van der Waals surface area contributed by atoms with E-state index in [4.69, 9.17) is 4.74 Å². The van der Waals surface area contributed by atoms with Crippen LogP contribution in [0.2, 0.25) is 0 Å². The van der Waals surface area contributed by atoms with E-state index in [9.17, 15) is 0 Å². The number of nitrogens with one attached hydrogen (secondary N) is 1. The zero-order valence-electron chi connectivity index (χ0n) is 14.6. The van der Waals surface area contributed by atoms with Crippen molar-refractivity contribution in [3.63, 3.8) is 0 Å². The minimum atomic E-state index is 0.442. The number of rotatable bonds is 4. The summed E-state index contributed by atoms with van der Waals surface area (Å²) in [5, 5.41) is 1.31. The SMILES string of the molecule is COCc1nccc(N2CC=C(c3c(C)[nH]c4ccccc34)CC2)n1. The van der Waals surface area contributed by atoms with Crippen LogP contribution in [0.4, 0.5) is 5.82 Å². The van der Waals surface area contributed by atoms with E-state index in [1.165, 1.54) is 27.7 Å². The number of para-hydroxylation sites is 1. The minimum absolute atomic E-state index is 0.442. The Morgan fingerprint density at radius 3 is 2.92 bits per heavy atom. The molecule has 0 bridgehead atoms. The molecule has 0 fully saturated rings. The second kappa shape index (κ2) is 6.69. The molecule has 5 heteroatoms. The summed E-state index contributed by atoms with van der Waals surface area (Å²) >= 11 is 0. The van der Waals surface area contributed by atoms with Gasteiger partial charge < -0.3 is 14.6 Å². The summed E-state index contributed by atoms with van der Waals surface area (Å²) in [5.41, 5.74) is 5.22. The molecule has 2 aromatic heterocycles. The first-order chi connectivity index (χ1) is 12.3. The normalized spacial score (nSPS) is 14.8. The zero-order chi connectivity index (χ0) is 17.2. The van der Waals surface area contributed by atoms with Crippen LogP contribution in [0.15, 0.2) is 42.6 Å².